The van der Waals surface area contributed by atoms with Gasteiger partial charge in [-0.05, 0) is 53.4 Å². The highest BCUT2D eigenvalue weighted by molar-refractivity contribution is 5.89. The summed E-state index contributed by atoms with van der Waals surface area (Å²) in [5, 5.41) is 14.7. The summed E-state index contributed by atoms with van der Waals surface area (Å²) in [5.74, 6) is -1.53. The van der Waals surface area contributed by atoms with E-state index >= 15 is 0 Å². The van der Waals surface area contributed by atoms with E-state index in [2.05, 4.69) is 22.8 Å². The van der Waals surface area contributed by atoms with Crippen LogP contribution in [0.4, 0.5) is 4.79 Å². The number of ether oxygens (including phenoxy) is 1. The number of carboxylic acids is 1. The summed E-state index contributed by atoms with van der Waals surface area (Å²) in [7, 11) is 0. The van der Waals surface area contributed by atoms with Crippen LogP contribution in [0.5, 0.6) is 0 Å². The van der Waals surface area contributed by atoms with Crippen molar-refractivity contribution in [2.45, 2.75) is 51.1 Å². The van der Waals surface area contributed by atoms with Gasteiger partial charge in [-0.3, -0.25) is 4.79 Å². The van der Waals surface area contributed by atoms with Crippen LogP contribution in [0.15, 0.2) is 48.5 Å². The number of alkyl carbamates (subject to hydrolysis) is 1. The van der Waals surface area contributed by atoms with Crippen molar-refractivity contribution in [1.82, 2.24) is 10.6 Å². The lowest BCUT2D eigenvalue weighted by molar-refractivity contribution is -0.142. The van der Waals surface area contributed by atoms with Gasteiger partial charge in [0.05, 0.1) is 0 Å². The molecule has 7 heteroatoms. The van der Waals surface area contributed by atoms with Crippen molar-refractivity contribution in [2.75, 3.05) is 6.61 Å². The number of amides is 2. The summed E-state index contributed by atoms with van der Waals surface area (Å²) in [6, 6.07) is 14.4. The highest BCUT2D eigenvalue weighted by Crippen LogP contribution is 2.44. The average Bonchev–Trinajstić information content (AvgIpc) is 3.57. The normalized spacial score (nSPS) is 16.5. The number of carbonyl (C=O) groups is 3. The lowest BCUT2D eigenvalue weighted by atomic mass is 9.98. The Labute approximate surface area is 193 Å². The van der Waals surface area contributed by atoms with Gasteiger partial charge >= 0.3 is 12.1 Å². The molecule has 0 spiro atoms. The molecule has 2 amide bonds. The number of aliphatic carboxylic acids is 1. The maximum Gasteiger partial charge on any atom is 0.407 e. The fourth-order valence-electron chi connectivity index (χ4n) is 4.55. The third-order valence-electron chi connectivity index (χ3n) is 6.32. The number of benzene rings is 2. The molecular weight excluding hydrogens is 420 g/mol. The van der Waals surface area contributed by atoms with Crippen molar-refractivity contribution in [2.24, 2.45) is 11.8 Å². The minimum absolute atomic E-state index is 0.0411. The predicted octanol–water partition coefficient (Wildman–Crippen LogP) is 3.92. The Morgan fingerprint density at radius 2 is 1.55 bits per heavy atom. The van der Waals surface area contributed by atoms with Gasteiger partial charge in [0.15, 0.2) is 0 Å². The second kappa shape index (κ2) is 9.65. The van der Waals surface area contributed by atoms with Gasteiger partial charge in [-0.2, -0.15) is 0 Å². The maximum atomic E-state index is 12.8. The smallest absolute Gasteiger partial charge is 0.407 e. The van der Waals surface area contributed by atoms with E-state index in [9.17, 15) is 19.5 Å². The van der Waals surface area contributed by atoms with Crippen LogP contribution in [0.2, 0.25) is 0 Å². The Morgan fingerprint density at radius 3 is 2.06 bits per heavy atom. The molecule has 2 atom stereocenters. The molecule has 7 nitrogen and oxygen atoms in total. The van der Waals surface area contributed by atoms with Gasteiger partial charge in [-0.1, -0.05) is 62.4 Å². The number of nitrogens with one attached hydrogen (secondary N) is 2. The van der Waals surface area contributed by atoms with Crippen molar-refractivity contribution in [3.8, 4) is 11.1 Å². The fraction of sp³-hybridized carbons (Fsp3) is 0.423. The number of carbonyl (C=O) groups excluding carboxylic acids is 2. The van der Waals surface area contributed by atoms with E-state index in [1.165, 1.54) is 0 Å². The average molecular weight is 451 g/mol. The highest BCUT2D eigenvalue weighted by Gasteiger charge is 2.39. The van der Waals surface area contributed by atoms with Crippen molar-refractivity contribution in [3.05, 3.63) is 59.7 Å². The maximum absolute atomic E-state index is 12.8. The molecule has 0 aromatic heterocycles. The lowest BCUT2D eigenvalue weighted by Crippen LogP contribution is -2.52. The summed E-state index contributed by atoms with van der Waals surface area (Å²) >= 11 is 0. The van der Waals surface area contributed by atoms with Crippen LogP contribution in [0.3, 0.4) is 0 Å². The molecule has 2 aliphatic rings. The van der Waals surface area contributed by atoms with Gasteiger partial charge < -0.3 is 20.5 Å². The van der Waals surface area contributed by atoms with E-state index in [-0.39, 0.29) is 24.4 Å². The van der Waals surface area contributed by atoms with Crippen LogP contribution in [0.1, 0.15) is 50.2 Å². The van der Waals surface area contributed by atoms with Crippen molar-refractivity contribution < 1.29 is 24.2 Å². The van der Waals surface area contributed by atoms with E-state index in [4.69, 9.17) is 4.74 Å². The van der Waals surface area contributed by atoms with Gasteiger partial charge in [0.25, 0.3) is 0 Å². The summed E-state index contributed by atoms with van der Waals surface area (Å²) in [6.45, 7) is 4.03. The molecular formula is C26H30N2O5. The monoisotopic (exact) mass is 450 g/mol. The molecule has 0 radical (unpaired) electrons. The lowest BCUT2D eigenvalue weighted by Gasteiger charge is -2.23. The first kappa shape index (κ1) is 22.8. The van der Waals surface area contributed by atoms with E-state index in [0.717, 1.165) is 35.1 Å². The molecule has 3 N–H and O–H groups in total. The Hall–Kier alpha value is -3.35. The minimum atomic E-state index is -1.05. The molecule has 2 aliphatic carbocycles. The molecule has 4 rings (SSSR count). The Balaban J connectivity index is 1.41. The first-order valence-electron chi connectivity index (χ1n) is 11.5. The zero-order valence-electron chi connectivity index (χ0n) is 18.9. The van der Waals surface area contributed by atoms with Crippen LogP contribution in [0, 0.1) is 11.8 Å². The van der Waals surface area contributed by atoms with Crippen LogP contribution in [-0.2, 0) is 14.3 Å². The van der Waals surface area contributed by atoms with E-state index in [1.807, 2.05) is 50.2 Å². The van der Waals surface area contributed by atoms with Gasteiger partial charge in [-0.15, -0.1) is 0 Å². The second-order valence-electron chi connectivity index (χ2n) is 9.31. The topological polar surface area (TPSA) is 105 Å². The molecule has 1 saturated carbocycles. The molecule has 2 aromatic rings. The van der Waals surface area contributed by atoms with E-state index in [0.29, 0.717) is 6.42 Å². The standard InChI is InChI=1S/C26H30N2O5/c1-15(2)13-22(24(29)28-23(25(30)31)16-11-12-16)27-26(32)33-14-21-19-9-5-3-7-17(19)18-8-4-6-10-20(18)21/h3-10,15-16,21-23H,11-14H2,1-2H3,(H,27,32)(H,28,29)(H,30,31)/t22-,23?/m1/s1. The molecule has 33 heavy (non-hydrogen) atoms. The van der Waals surface area contributed by atoms with Gasteiger partial charge in [0.2, 0.25) is 5.91 Å². The zero-order valence-corrected chi connectivity index (χ0v) is 18.9. The molecule has 1 fully saturated rings. The molecule has 0 bridgehead atoms. The Morgan fingerprint density at radius 1 is 0.970 bits per heavy atom. The molecule has 0 aliphatic heterocycles. The largest absolute Gasteiger partial charge is 0.480 e. The Bertz CT molecular complexity index is 1000. The molecule has 1 unspecified atom stereocenters. The van der Waals surface area contributed by atoms with Crippen LogP contribution in [-0.4, -0.2) is 41.8 Å². The van der Waals surface area contributed by atoms with Gasteiger partial charge in [-0.25, -0.2) is 9.59 Å². The molecule has 174 valence electrons. The van der Waals surface area contributed by atoms with Crippen molar-refractivity contribution in [3.63, 3.8) is 0 Å². The van der Waals surface area contributed by atoms with E-state index in [1.54, 1.807) is 0 Å². The number of fused-ring (bicyclic) bond motifs is 3. The minimum Gasteiger partial charge on any atom is -0.480 e. The summed E-state index contributed by atoms with van der Waals surface area (Å²) < 4.78 is 5.57. The van der Waals surface area contributed by atoms with Crippen molar-refractivity contribution >= 4 is 18.0 Å². The number of hydrogen-bond acceptors (Lipinski definition) is 4. The third kappa shape index (κ3) is 5.18. The second-order valence-corrected chi connectivity index (χ2v) is 9.31. The zero-order chi connectivity index (χ0) is 23.5. The SMILES string of the molecule is CC(C)C[C@@H](NC(=O)OCC1c2ccccc2-c2ccccc21)C(=O)NC(C(=O)O)C1CC1. The first-order chi connectivity index (χ1) is 15.8. The number of hydrogen-bond donors (Lipinski definition) is 3. The van der Waals surface area contributed by atoms with Crippen molar-refractivity contribution in [1.29, 1.82) is 0 Å². The van der Waals surface area contributed by atoms with Crippen LogP contribution < -0.4 is 10.6 Å². The summed E-state index contributed by atoms with van der Waals surface area (Å²) in [4.78, 5) is 37.0. The summed E-state index contributed by atoms with van der Waals surface area (Å²) in [5.41, 5.74) is 4.49. The van der Waals surface area contributed by atoms with Gasteiger partial charge in [0.1, 0.15) is 18.7 Å². The molecule has 0 saturated heterocycles. The highest BCUT2D eigenvalue weighted by atomic mass is 16.5. The predicted molar refractivity (Wildman–Crippen MR) is 124 cm³/mol. The van der Waals surface area contributed by atoms with Crippen LogP contribution >= 0.6 is 0 Å². The Kier molecular flexibility index (Phi) is 6.67. The quantitative estimate of drug-likeness (QED) is 0.537. The molecule has 0 heterocycles. The van der Waals surface area contributed by atoms with Crippen LogP contribution in [0.25, 0.3) is 11.1 Å². The molecule has 2 aromatic carbocycles. The third-order valence-corrected chi connectivity index (χ3v) is 6.32. The van der Waals surface area contributed by atoms with Gasteiger partial charge in [0, 0.05) is 5.92 Å². The van der Waals surface area contributed by atoms with E-state index < -0.39 is 30.1 Å². The first-order valence-corrected chi connectivity index (χ1v) is 11.5. The summed E-state index contributed by atoms with van der Waals surface area (Å²) in [6.07, 6.45) is 1.26. The fourth-order valence-corrected chi connectivity index (χ4v) is 4.55. The number of rotatable bonds is 9. The number of carboxylic acid groups (broad SMARTS) is 1.